The third-order valence-electron chi connectivity index (χ3n) is 2.93. The number of nitrogens with two attached hydrogens (primary N) is 1. The molecule has 8 heteroatoms. The molecule has 6 nitrogen and oxygen atoms in total. The average molecular weight is 315 g/mol. The van der Waals surface area contributed by atoms with Crippen molar-refractivity contribution in [2.24, 2.45) is 5.73 Å². The van der Waals surface area contributed by atoms with Crippen LogP contribution in [0.2, 0.25) is 0 Å². The lowest BCUT2D eigenvalue weighted by Gasteiger charge is -2.06. The fraction of sp³-hybridized carbons (Fsp3) is 0.417. The van der Waals surface area contributed by atoms with Crippen molar-refractivity contribution in [3.8, 4) is 0 Å². The van der Waals surface area contributed by atoms with E-state index in [-0.39, 0.29) is 18.0 Å². The van der Waals surface area contributed by atoms with Crippen molar-refractivity contribution in [1.29, 1.82) is 0 Å². The minimum atomic E-state index is -3.61. The summed E-state index contributed by atoms with van der Waals surface area (Å²) < 4.78 is 32.5. The van der Waals surface area contributed by atoms with Gasteiger partial charge in [-0.25, -0.2) is 18.1 Å². The third-order valence-corrected chi connectivity index (χ3v) is 5.82. The minimum absolute atomic E-state index is 0.0241. The van der Waals surface area contributed by atoms with E-state index in [2.05, 4.69) is 9.71 Å². The summed E-state index contributed by atoms with van der Waals surface area (Å²) in [5.41, 5.74) is 7.03. The lowest BCUT2D eigenvalue weighted by molar-refractivity contribution is 0.463. The Morgan fingerprint density at radius 3 is 2.65 bits per heavy atom. The van der Waals surface area contributed by atoms with Crippen molar-refractivity contribution in [3.63, 3.8) is 0 Å². The molecular formula is C12H17N3O3S2. The van der Waals surface area contributed by atoms with Gasteiger partial charge in [0, 0.05) is 11.4 Å². The second-order valence-electron chi connectivity index (χ2n) is 4.45. The quantitative estimate of drug-likeness (QED) is 0.873. The summed E-state index contributed by atoms with van der Waals surface area (Å²) in [6.45, 7) is 5.58. The average Bonchev–Trinajstić information content (AvgIpc) is 2.91. The summed E-state index contributed by atoms with van der Waals surface area (Å²) >= 11 is 1.35. The van der Waals surface area contributed by atoms with Crippen LogP contribution < -0.4 is 10.5 Å². The number of thiophene rings is 1. The summed E-state index contributed by atoms with van der Waals surface area (Å²) in [6, 6.07) is 0. The first-order chi connectivity index (χ1) is 9.35. The zero-order valence-corrected chi connectivity index (χ0v) is 13.2. The van der Waals surface area contributed by atoms with Crippen LogP contribution in [0.1, 0.15) is 27.8 Å². The lowest BCUT2D eigenvalue weighted by Crippen LogP contribution is -2.25. The molecule has 0 fully saturated rings. The van der Waals surface area contributed by atoms with E-state index in [4.69, 9.17) is 10.2 Å². The van der Waals surface area contributed by atoms with Crippen molar-refractivity contribution in [1.82, 2.24) is 9.71 Å². The number of sulfonamides is 1. The molecule has 2 heterocycles. The van der Waals surface area contributed by atoms with E-state index in [1.54, 1.807) is 19.2 Å². The summed E-state index contributed by atoms with van der Waals surface area (Å²) in [6.07, 6.45) is 0. The van der Waals surface area contributed by atoms with E-state index in [1.807, 2.05) is 6.92 Å². The van der Waals surface area contributed by atoms with Gasteiger partial charge in [0.1, 0.15) is 10.7 Å². The summed E-state index contributed by atoms with van der Waals surface area (Å²) in [4.78, 5) is 5.06. The molecule has 0 aliphatic heterocycles. The van der Waals surface area contributed by atoms with Gasteiger partial charge >= 0.3 is 0 Å². The van der Waals surface area contributed by atoms with Crippen LogP contribution in [0.5, 0.6) is 0 Å². The first-order valence-electron chi connectivity index (χ1n) is 6.04. The van der Waals surface area contributed by atoms with Crippen LogP contribution in [0.15, 0.2) is 14.7 Å². The van der Waals surface area contributed by atoms with Crippen molar-refractivity contribution in [3.05, 3.63) is 33.2 Å². The van der Waals surface area contributed by atoms with Gasteiger partial charge in [-0.15, -0.1) is 11.3 Å². The smallest absolute Gasteiger partial charge is 0.242 e. The van der Waals surface area contributed by atoms with E-state index in [9.17, 15) is 8.42 Å². The molecule has 2 aromatic heterocycles. The summed E-state index contributed by atoms with van der Waals surface area (Å²) in [7, 11) is -3.61. The number of aromatic nitrogens is 1. The Morgan fingerprint density at radius 2 is 2.10 bits per heavy atom. The Hall–Kier alpha value is -1.22. The molecule has 0 atom stereocenters. The highest BCUT2D eigenvalue weighted by molar-refractivity contribution is 7.89. The molecule has 0 aliphatic carbocycles. The molecular weight excluding hydrogens is 298 g/mol. The molecule has 0 aromatic carbocycles. The molecule has 0 radical (unpaired) electrons. The molecule has 0 unspecified atom stereocenters. The molecule has 0 saturated heterocycles. The van der Waals surface area contributed by atoms with E-state index in [0.29, 0.717) is 22.1 Å². The van der Waals surface area contributed by atoms with Gasteiger partial charge in [-0.1, -0.05) is 0 Å². The fourth-order valence-electron chi connectivity index (χ4n) is 1.83. The molecule has 110 valence electrons. The fourth-order valence-corrected chi connectivity index (χ4v) is 4.51. The molecule has 2 aromatic rings. The highest BCUT2D eigenvalue weighted by Crippen LogP contribution is 2.26. The predicted octanol–water partition coefficient (Wildman–Crippen LogP) is 1.60. The zero-order chi connectivity index (χ0) is 14.9. The summed E-state index contributed by atoms with van der Waals surface area (Å²) in [5.74, 6) is 1.04. The molecule has 3 N–H and O–H groups in total. The van der Waals surface area contributed by atoms with Gasteiger partial charge in [-0.2, -0.15) is 0 Å². The van der Waals surface area contributed by atoms with Crippen LogP contribution in [0, 0.1) is 20.8 Å². The summed E-state index contributed by atoms with van der Waals surface area (Å²) in [5, 5.41) is 1.79. The first kappa shape index (κ1) is 15.2. The standard InChI is InChI=1S/C12H17N3O3S2/c1-7-6-19-10(4-13)12(7)20(16,17)14-5-11-15-8(2)9(3)18-11/h6,14H,4-5,13H2,1-3H3. The van der Waals surface area contributed by atoms with Crippen LogP contribution in [-0.2, 0) is 23.1 Å². The maximum Gasteiger partial charge on any atom is 0.242 e. The Morgan fingerprint density at radius 1 is 1.40 bits per heavy atom. The number of hydrogen-bond donors (Lipinski definition) is 2. The largest absolute Gasteiger partial charge is 0.444 e. The van der Waals surface area contributed by atoms with Gasteiger partial charge < -0.3 is 10.2 Å². The molecule has 0 aliphatic rings. The van der Waals surface area contributed by atoms with Crippen LogP contribution in [0.3, 0.4) is 0 Å². The lowest BCUT2D eigenvalue weighted by atomic mass is 10.3. The van der Waals surface area contributed by atoms with Crippen molar-refractivity contribution < 1.29 is 12.8 Å². The highest BCUT2D eigenvalue weighted by atomic mass is 32.2. The van der Waals surface area contributed by atoms with E-state index >= 15 is 0 Å². The molecule has 0 bridgehead atoms. The number of hydrogen-bond acceptors (Lipinski definition) is 6. The van der Waals surface area contributed by atoms with Crippen molar-refractivity contribution >= 4 is 21.4 Å². The van der Waals surface area contributed by atoms with Gasteiger partial charge in [0.15, 0.2) is 0 Å². The molecule has 20 heavy (non-hydrogen) atoms. The zero-order valence-electron chi connectivity index (χ0n) is 11.6. The Balaban J connectivity index is 2.21. The second-order valence-corrected chi connectivity index (χ2v) is 7.12. The van der Waals surface area contributed by atoms with Crippen LogP contribution >= 0.6 is 11.3 Å². The van der Waals surface area contributed by atoms with Gasteiger partial charge in [0.05, 0.1) is 12.2 Å². The topological polar surface area (TPSA) is 98.2 Å². The monoisotopic (exact) mass is 315 g/mol. The molecule has 2 rings (SSSR count). The number of rotatable bonds is 5. The van der Waals surface area contributed by atoms with Gasteiger partial charge in [-0.05, 0) is 31.7 Å². The van der Waals surface area contributed by atoms with E-state index in [1.165, 1.54) is 11.3 Å². The Kier molecular flexibility index (Phi) is 4.28. The maximum atomic E-state index is 12.3. The molecule has 0 saturated carbocycles. The van der Waals surface area contributed by atoms with Crippen LogP contribution in [-0.4, -0.2) is 13.4 Å². The van der Waals surface area contributed by atoms with Gasteiger partial charge in [0.2, 0.25) is 15.9 Å². The van der Waals surface area contributed by atoms with Crippen molar-refractivity contribution in [2.75, 3.05) is 0 Å². The van der Waals surface area contributed by atoms with Crippen molar-refractivity contribution in [2.45, 2.75) is 38.8 Å². The number of nitrogens with one attached hydrogen (secondary N) is 1. The molecule has 0 spiro atoms. The SMILES string of the molecule is Cc1csc(CN)c1S(=O)(=O)NCc1nc(C)c(C)o1. The van der Waals surface area contributed by atoms with E-state index < -0.39 is 10.0 Å². The number of nitrogens with zero attached hydrogens (tertiary/aromatic N) is 1. The number of oxazole rings is 1. The van der Waals surface area contributed by atoms with Gasteiger partial charge in [0.25, 0.3) is 0 Å². The Labute approximate surface area is 122 Å². The van der Waals surface area contributed by atoms with E-state index in [0.717, 1.165) is 5.69 Å². The molecule has 0 amide bonds. The minimum Gasteiger partial charge on any atom is -0.444 e. The highest BCUT2D eigenvalue weighted by Gasteiger charge is 2.22. The normalized spacial score (nSPS) is 12.0. The van der Waals surface area contributed by atoms with Gasteiger partial charge in [-0.3, -0.25) is 0 Å². The third kappa shape index (κ3) is 2.93. The second kappa shape index (κ2) is 5.65. The predicted molar refractivity (Wildman–Crippen MR) is 76.9 cm³/mol. The Bertz CT molecular complexity index is 697. The maximum absolute atomic E-state index is 12.3. The first-order valence-corrected chi connectivity index (χ1v) is 8.41. The van der Waals surface area contributed by atoms with Crippen LogP contribution in [0.25, 0.3) is 0 Å². The van der Waals surface area contributed by atoms with Crippen LogP contribution in [0.4, 0.5) is 0 Å². The number of aryl methyl sites for hydroxylation is 3.